The predicted molar refractivity (Wildman–Crippen MR) is 83.0 cm³/mol. The first kappa shape index (κ1) is 13.9. The fourth-order valence-corrected chi connectivity index (χ4v) is 1.82. The van der Waals surface area contributed by atoms with Crippen LogP contribution in [0.5, 0.6) is 0 Å². The monoisotopic (exact) mass is 270 g/mol. The van der Waals surface area contributed by atoms with Crippen LogP contribution in [0.25, 0.3) is 0 Å². The van der Waals surface area contributed by atoms with E-state index in [4.69, 9.17) is 15.9 Å². The summed E-state index contributed by atoms with van der Waals surface area (Å²) in [6.07, 6.45) is 3.23. The van der Waals surface area contributed by atoms with Gasteiger partial charge < -0.3 is 15.4 Å². The number of allylic oxidation sites excluding steroid dienone is 2. The van der Waals surface area contributed by atoms with Gasteiger partial charge in [-0.2, -0.15) is 0 Å². The number of nitrogens with zero attached hydrogens (tertiary/aromatic N) is 2. The third-order valence-corrected chi connectivity index (χ3v) is 2.96. The van der Waals surface area contributed by atoms with Gasteiger partial charge in [0.1, 0.15) is 5.76 Å². The van der Waals surface area contributed by atoms with E-state index in [2.05, 4.69) is 4.99 Å². The Hall–Kier alpha value is -2.56. The van der Waals surface area contributed by atoms with Crippen LogP contribution in [0.2, 0.25) is 0 Å². The highest BCUT2D eigenvalue weighted by molar-refractivity contribution is 6.50. The molecule has 1 aromatic rings. The second-order valence-electron chi connectivity index (χ2n) is 4.63. The highest BCUT2D eigenvalue weighted by Gasteiger charge is 2.14. The number of methoxy groups -OCH3 is 1. The molecule has 1 aliphatic rings. The molecule has 0 unspecified atom stereocenters. The van der Waals surface area contributed by atoms with Gasteiger partial charge in [0.05, 0.1) is 29.9 Å². The smallest absolute Gasteiger partial charge is 0.144 e. The van der Waals surface area contributed by atoms with E-state index in [0.29, 0.717) is 17.2 Å². The van der Waals surface area contributed by atoms with Gasteiger partial charge in [-0.05, 0) is 30.3 Å². The van der Waals surface area contributed by atoms with Gasteiger partial charge in [-0.1, -0.05) is 0 Å². The molecule has 0 spiro atoms. The number of rotatable bonds is 3. The van der Waals surface area contributed by atoms with Crippen LogP contribution < -0.4 is 10.6 Å². The minimum atomic E-state index is 0.278. The molecule has 0 heterocycles. The number of hydrogen-bond donors (Lipinski definition) is 2. The Labute approximate surface area is 118 Å². The molecule has 0 aromatic heterocycles. The largest absolute Gasteiger partial charge is 0.495 e. The average Bonchev–Trinajstić information content (AvgIpc) is 2.42. The topological polar surface area (TPSA) is 74.7 Å². The standard InChI is InChI=1S/C15H18N4O/c1-19(2)11-6-4-10(5-7-11)18-14-9-15(20-3)13(17)8-12(14)16/h4-9,16H,17H2,1-3H3. The van der Waals surface area contributed by atoms with Crippen LogP contribution in [-0.2, 0) is 4.74 Å². The zero-order valence-corrected chi connectivity index (χ0v) is 11.8. The number of nitrogens with two attached hydrogens (primary N) is 1. The van der Waals surface area contributed by atoms with Gasteiger partial charge in [-0.3, -0.25) is 5.41 Å². The summed E-state index contributed by atoms with van der Waals surface area (Å²) >= 11 is 0. The van der Waals surface area contributed by atoms with Crippen molar-refractivity contribution in [2.24, 2.45) is 10.7 Å². The van der Waals surface area contributed by atoms with Crippen molar-refractivity contribution in [2.75, 3.05) is 26.1 Å². The van der Waals surface area contributed by atoms with Crippen LogP contribution in [0, 0.1) is 5.41 Å². The van der Waals surface area contributed by atoms with Crippen molar-refractivity contribution in [3.63, 3.8) is 0 Å². The highest BCUT2D eigenvalue weighted by Crippen LogP contribution is 2.20. The molecule has 0 atom stereocenters. The molecule has 0 radical (unpaired) electrons. The molecule has 5 nitrogen and oxygen atoms in total. The normalized spacial score (nSPS) is 16.8. The maximum atomic E-state index is 7.91. The van der Waals surface area contributed by atoms with Crippen molar-refractivity contribution in [3.8, 4) is 0 Å². The lowest BCUT2D eigenvalue weighted by molar-refractivity contribution is 0.300. The molecule has 1 aromatic carbocycles. The molecule has 0 bridgehead atoms. The maximum absolute atomic E-state index is 7.91. The van der Waals surface area contributed by atoms with E-state index in [1.807, 2.05) is 43.3 Å². The second kappa shape index (κ2) is 5.61. The maximum Gasteiger partial charge on any atom is 0.144 e. The summed E-state index contributed by atoms with van der Waals surface area (Å²) in [4.78, 5) is 6.47. The number of nitrogens with one attached hydrogen (secondary N) is 1. The van der Waals surface area contributed by atoms with Crippen LogP contribution >= 0.6 is 0 Å². The van der Waals surface area contributed by atoms with Crippen molar-refractivity contribution in [1.82, 2.24) is 0 Å². The lowest BCUT2D eigenvalue weighted by Gasteiger charge is -2.14. The molecular weight excluding hydrogens is 252 g/mol. The van der Waals surface area contributed by atoms with Gasteiger partial charge in [-0.15, -0.1) is 0 Å². The number of hydrogen-bond acceptors (Lipinski definition) is 5. The van der Waals surface area contributed by atoms with Crippen LogP contribution in [0.15, 0.2) is 52.9 Å². The van der Waals surface area contributed by atoms with E-state index < -0.39 is 0 Å². The second-order valence-corrected chi connectivity index (χ2v) is 4.63. The number of ether oxygens (including phenoxy) is 1. The molecule has 1 aliphatic carbocycles. The van der Waals surface area contributed by atoms with Crippen LogP contribution in [-0.4, -0.2) is 32.6 Å². The molecule has 0 saturated heterocycles. The van der Waals surface area contributed by atoms with E-state index in [1.165, 1.54) is 0 Å². The van der Waals surface area contributed by atoms with Crippen molar-refractivity contribution in [2.45, 2.75) is 0 Å². The molecule has 0 amide bonds. The quantitative estimate of drug-likeness (QED) is 0.827. The molecule has 2 rings (SSSR count). The Kier molecular flexibility index (Phi) is 3.89. The third-order valence-electron chi connectivity index (χ3n) is 2.96. The lowest BCUT2D eigenvalue weighted by atomic mass is 10.1. The van der Waals surface area contributed by atoms with Gasteiger partial charge in [0.15, 0.2) is 0 Å². The molecule has 5 heteroatoms. The molecule has 0 fully saturated rings. The minimum absolute atomic E-state index is 0.278. The summed E-state index contributed by atoms with van der Waals surface area (Å²) in [5.74, 6) is 0.532. The van der Waals surface area contributed by atoms with Crippen molar-refractivity contribution >= 4 is 22.8 Å². The summed E-state index contributed by atoms with van der Waals surface area (Å²) in [6.45, 7) is 0. The van der Waals surface area contributed by atoms with Gasteiger partial charge >= 0.3 is 0 Å². The lowest BCUT2D eigenvalue weighted by Crippen LogP contribution is -2.19. The predicted octanol–water partition coefficient (Wildman–Crippen LogP) is 2.23. The van der Waals surface area contributed by atoms with E-state index in [1.54, 1.807) is 19.3 Å². The zero-order chi connectivity index (χ0) is 14.7. The van der Waals surface area contributed by atoms with Gasteiger partial charge in [-0.25, -0.2) is 4.99 Å². The van der Waals surface area contributed by atoms with E-state index >= 15 is 0 Å². The summed E-state index contributed by atoms with van der Waals surface area (Å²) in [5.41, 5.74) is 8.90. The van der Waals surface area contributed by atoms with E-state index in [0.717, 1.165) is 11.4 Å². The first-order chi connectivity index (χ1) is 9.51. The number of aliphatic imine (C=N–C) groups is 1. The number of anilines is 1. The molecule has 20 heavy (non-hydrogen) atoms. The molecule has 3 N–H and O–H groups in total. The van der Waals surface area contributed by atoms with Gasteiger partial charge in [0.25, 0.3) is 0 Å². The Morgan fingerprint density at radius 2 is 1.80 bits per heavy atom. The van der Waals surface area contributed by atoms with Crippen molar-refractivity contribution in [3.05, 3.63) is 47.9 Å². The van der Waals surface area contributed by atoms with Gasteiger partial charge in [0.2, 0.25) is 0 Å². The fourth-order valence-electron chi connectivity index (χ4n) is 1.82. The molecule has 0 saturated carbocycles. The first-order valence-corrected chi connectivity index (χ1v) is 6.19. The zero-order valence-electron chi connectivity index (χ0n) is 11.8. The average molecular weight is 270 g/mol. The van der Waals surface area contributed by atoms with Crippen LogP contribution in [0.4, 0.5) is 11.4 Å². The van der Waals surface area contributed by atoms with Gasteiger partial charge in [0, 0.05) is 25.9 Å². The summed E-state index contributed by atoms with van der Waals surface area (Å²) in [5, 5.41) is 7.91. The Bertz CT molecular complexity index is 609. The highest BCUT2D eigenvalue weighted by atomic mass is 16.5. The van der Waals surface area contributed by atoms with Crippen molar-refractivity contribution in [1.29, 1.82) is 5.41 Å². The molecule has 104 valence electrons. The third kappa shape index (κ3) is 2.88. The minimum Gasteiger partial charge on any atom is -0.495 e. The van der Waals surface area contributed by atoms with E-state index in [9.17, 15) is 0 Å². The Morgan fingerprint density at radius 3 is 2.35 bits per heavy atom. The summed E-state index contributed by atoms with van der Waals surface area (Å²) < 4.78 is 5.15. The summed E-state index contributed by atoms with van der Waals surface area (Å²) in [7, 11) is 5.52. The van der Waals surface area contributed by atoms with Crippen LogP contribution in [0.1, 0.15) is 0 Å². The Morgan fingerprint density at radius 1 is 1.15 bits per heavy atom. The first-order valence-electron chi connectivity index (χ1n) is 6.19. The van der Waals surface area contributed by atoms with Crippen LogP contribution in [0.3, 0.4) is 0 Å². The number of benzene rings is 1. The van der Waals surface area contributed by atoms with Crippen molar-refractivity contribution < 1.29 is 4.74 Å². The SMILES string of the molecule is COC1=CC(=Nc2ccc(N(C)C)cc2)C(=N)C=C1N. The fraction of sp³-hybridized carbons (Fsp3) is 0.200. The Balaban J connectivity index is 2.31. The molecular formula is C15H18N4O. The van der Waals surface area contributed by atoms with E-state index in [-0.39, 0.29) is 5.71 Å². The molecule has 0 aliphatic heterocycles. The summed E-state index contributed by atoms with van der Waals surface area (Å²) in [6, 6.07) is 7.79.